The topological polar surface area (TPSA) is 51.6 Å². The van der Waals surface area contributed by atoms with Gasteiger partial charge in [-0.15, -0.1) is 0 Å². The lowest BCUT2D eigenvalue weighted by Gasteiger charge is -2.11. The number of nitrogens with zero attached hydrogens (tertiary/aromatic N) is 1. The average Bonchev–Trinajstić information content (AvgIpc) is 2.67. The van der Waals surface area contributed by atoms with Gasteiger partial charge in [-0.3, -0.25) is 0 Å². The summed E-state index contributed by atoms with van der Waals surface area (Å²) in [6.07, 6.45) is 5.99. The highest BCUT2D eigenvalue weighted by Crippen LogP contribution is 2.29. The number of unbranched alkanes of at least 4 members (excludes halogenated alkanes) is 1. The van der Waals surface area contributed by atoms with Crippen LogP contribution in [0.25, 0.3) is 23.1 Å². The summed E-state index contributed by atoms with van der Waals surface area (Å²) < 4.78 is 11.2. The number of para-hydroxylation sites is 1. The monoisotopic (exact) mass is 349 g/mol. The summed E-state index contributed by atoms with van der Waals surface area (Å²) >= 11 is 0. The molecule has 0 radical (unpaired) electrons. The van der Waals surface area contributed by atoms with E-state index in [1.807, 2.05) is 54.6 Å². The van der Waals surface area contributed by atoms with Gasteiger partial charge in [0, 0.05) is 5.39 Å². The van der Waals surface area contributed by atoms with E-state index in [1.54, 1.807) is 13.2 Å². The first kappa shape index (κ1) is 17.8. The van der Waals surface area contributed by atoms with Crippen LogP contribution < -0.4 is 9.47 Å². The minimum Gasteiger partial charge on any atom is -0.506 e. The molecule has 0 saturated carbocycles. The quantitative estimate of drug-likeness (QED) is 0.588. The number of methoxy groups -OCH3 is 1. The Morgan fingerprint density at radius 1 is 1.04 bits per heavy atom. The predicted molar refractivity (Wildman–Crippen MR) is 106 cm³/mol. The van der Waals surface area contributed by atoms with Crippen molar-refractivity contribution in [3.8, 4) is 17.2 Å². The third kappa shape index (κ3) is 4.14. The third-order valence-corrected chi connectivity index (χ3v) is 4.11. The number of rotatable bonds is 7. The van der Waals surface area contributed by atoms with E-state index in [0.717, 1.165) is 35.2 Å². The standard InChI is InChI=1S/C22H23NO3/c1-3-4-14-26-20-13-9-16(15-21(20)25-2)8-11-18-12-10-17-6-5-7-19(24)22(17)23-18/h5-13,15,24H,3-4,14H2,1-2H3/b11-8+. The maximum Gasteiger partial charge on any atom is 0.161 e. The lowest BCUT2D eigenvalue weighted by Crippen LogP contribution is -1.98. The second kappa shape index (κ2) is 8.39. The predicted octanol–water partition coefficient (Wildman–Crippen LogP) is 5.30. The minimum absolute atomic E-state index is 0.188. The number of phenols is 1. The van der Waals surface area contributed by atoms with Crippen LogP contribution in [0.4, 0.5) is 0 Å². The van der Waals surface area contributed by atoms with Gasteiger partial charge in [-0.1, -0.05) is 43.7 Å². The molecule has 0 aliphatic heterocycles. The molecule has 0 bridgehead atoms. The van der Waals surface area contributed by atoms with Gasteiger partial charge in [-0.2, -0.15) is 0 Å². The Balaban J connectivity index is 1.80. The van der Waals surface area contributed by atoms with Gasteiger partial charge < -0.3 is 14.6 Å². The maximum absolute atomic E-state index is 9.95. The molecule has 1 aromatic heterocycles. The van der Waals surface area contributed by atoms with Gasteiger partial charge in [0.25, 0.3) is 0 Å². The summed E-state index contributed by atoms with van der Waals surface area (Å²) in [7, 11) is 1.64. The van der Waals surface area contributed by atoms with E-state index in [-0.39, 0.29) is 5.75 Å². The number of ether oxygens (including phenoxy) is 2. The number of hydrogen-bond donors (Lipinski definition) is 1. The zero-order valence-corrected chi connectivity index (χ0v) is 15.1. The molecular weight excluding hydrogens is 326 g/mol. The number of aromatic nitrogens is 1. The summed E-state index contributed by atoms with van der Waals surface area (Å²) in [6, 6.07) is 15.1. The fourth-order valence-electron chi connectivity index (χ4n) is 2.65. The van der Waals surface area contributed by atoms with Crippen LogP contribution in [-0.2, 0) is 0 Å². The fraction of sp³-hybridized carbons (Fsp3) is 0.227. The van der Waals surface area contributed by atoms with Crippen molar-refractivity contribution in [3.05, 3.63) is 59.8 Å². The van der Waals surface area contributed by atoms with E-state index in [4.69, 9.17) is 9.47 Å². The highest BCUT2D eigenvalue weighted by Gasteiger charge is 2.05. The van der Waals surface area contributed by atoms with Crippen LogP contribution in [0.15, 0.2) is 48.5 Å². The molecule has 0 fully saturated rings. The molecule has 1 heterocycles. The minimum atomic E-state index is 0.188. The average molecular weight is 349 g/mol. The van der Waals surface area contributed by atoms with Crippen molar-refractivity contribution in [1.29, 1.82) is 0 Å². The van der Waals surface area contributed by atoms with Gasteiger partial charge in [0.05, 0.1) is 19.4 Å². The van der Waals surface area contributed by atoms with Gasteiger partial charge in [0.2, 0.25) is 0 Å². The molecule has 1 N–H and O–H groups in total. The van der Waals surface area contributed by atoms with Gasteiger partial charge >= 0.3 is 0 Å². The number of phenolic OH excluding ortho intramolecular Hbond substituents is 1. The molecule has 0 spiro atoms. The van der Waals surface area contributed by atoms with Crippen LogP contribution in [0, 0.1) is 0 Å². The number of hydrogen-bond acceptors (Lipinski definition) is 4. The molecule has 0 saturated heterocycles. The maximum atomic E-state index is 9.95. The Morgan fingerprint density at radius 3 is 2.73 bits per heavy atom. The lowest BCUT2D eigenvalue weighted by molar-refractivity contribution is 0.288. The first-order valence-electron chi connectivity index (χ1n) is 8.79. The smallest absolute Gasteiger partial charge is 0.161 e. The third-order valence-electron chi connectivity index (χ3n) is 4.11. The first-order chi connectivity index (χ1) is 12.7. The van der Waals surface area contributed by atoms with E-state index in [2.05, 4.69) is 11.9 Å². The van der Waals surface area contributed by atoms with Crippen LogP contribution in [0.1, 0.15) is 31.0 Å². The second-order valence-corrected chi connectivity index (χ2v) is 6.03. The SMILES string of the molecule is CCCCOc1ccc(/C=C/c2ccc3cccc(O)c3n2)cc1OC. The molecule has 2 aromatic carbocycles. The van der Waals surface area contributed by atoms with Gasteiger partial charge in [0.1, 0.15) is 11.3 Å². The fourth-order valence-corrected chi connectivity index (χ4v) is 2.65. The van der Waals surface area contributed by atoms with E-state index < -0.39 is 0 Å². The molecule has 134 valence electrons. The summed E-state index contributed by atoms with van der Waals surface area (Å²) in [5, 5.41) is 10.9. The number of pyridine rings is 1. The second-order valence-electron chi connectivity index (χ2n) is 6.03. The molecule has 4 nitrogen and oxygen atoms in total. The molecule has 0 unspecified atom stereocenters. The molecule has 4 heteroatoms. The first-order valence-corrected chi connectivity index (χ1v) is 8.79. The molecule has 0 amide bonds. The van der Waals surface area contributed by atoms with Crippen molar-refractivity contribution in [2.45, 2.75) is 19.8 Å². The Hall–Kier alpha value is -3.01. The summed E-state index contributed by atoms with van der Waals surface area (Å²) in [4.78, 5) is 4.51. The number of fused-ring (bicyclic) bond motifs is 1. The summed E-state index contributed by atoms with van der Waals surface area (Å²) in [5.74, 6) is 1.66. The Morgan fingerprint density at radius 2 is 1.92 bits per heavy atom. The van der Waals surface area contributed by atoms with E-state index in [1.165, 1.54) is 0 Å². The molecule has 3 aromatic rings. The zero-order valence-electron chi connectivity index (χ0n) is 15.1. The molecule has 0 aliphatic rings. The largest absolute Gasteiger partial charge is 0.506 e. The van der Waals surface area contributed by atoms with E-state index in [0.29, 0.717) is 17.9 Å². The van der Waals surface area contributed by atoms with Gasteiger partial charge in [-0.25, -0.2) is 4.98 Å². The highest BCUT2D eigenvalue weighted by molar-refractivity contribution is 5.85. The van der Waals surface area contributed by atoms with Crippen molar-refractivity contribution >= 4 is 23.1 Å². The molecule has 26 heavy (non-hydrogen) atoms. The van der Waals surface area contributed by atoms with Crippen LogP contribution in [0.3, 0.4) is 0 Å². The van der Waals surface area contributed by atoms with Crippen molar-refractivity contribution in [2.75, 3.05) is 13.7 Å². The van der Waals surface area contributed by atoms with Gasteiger partial charge in [-0.05, 0) is 42.3 Å². The van der Waals surface area contributed by atoms with Crippen molar-refractivity contribution in [1.82, 2.24) is 4.98 Å². The Bertz CT molecular complexity index is 918. The lowest BCUT2D eigenvalue weighted by atomic mass is 10.1. The van der Waals surface area contributed by atoms with E-state index >= 15 is 0 Å². The van der Waals surface area contributed by atoms with Crippen molar-refractivity contribution < 1.29 is 14.6 Å². The van der Waals surface area contributed by atoms with Crippen molar-refractivity contribution in [2.24, 2.45) is 0 Å². The molecular formula is C22H23NO3. The zero-order chi connectivity index (χ0) is 18.4. The van der Waals surface area contributed by atoms with Crippen molar-refractivity contribution in [3.63, 3.8) is 0 Å². The number of benzene rings is 2. The number of aromatic hydroxyl groups is 1. The Labute approximate surface area is 153 Å². The van der Waals surface area contributed by atoms with Crippen LogP contribution in [0.5, 0.6) is 17.2 Å². The normalized spacial score (nSPS) is 11.2. The molecule has 3 rings (SSSR count). The van der Waals surface area contributed by atoms with Crippen LogP contribution >= 0.6 is 0 Å². The van der Waals surface area contributed by atoms with Crippen LogP contribution in [0.2, 0.25) is 0 Å². The molecule has 0 aliphatic carbocycles. The highest BCUT2D eigenvalue weighted by atomic mass is 16.5. The van der Waals surface area contributed by atoms with Gasteiger partial charge in [0.15, 0.2) is 11.5 Å². The van der Waals surface area contributed by atoms with Crippen LogP contribution in [-0.4, -0.2) is 23.8 Å². The molecule has 0 atom stereocenters. The van der Waals surface area contributed by atoms with E-state index in [9.17, 15) is 5.11 Å². The Kier molecular flexibility index (Phi) is 5.74. The summed E-state index contributed by atoms with van der Waals surface area (Å²) in [6.45, 7) is 2.82. The summed E-state index contributed by atoms with van der Waals surface area (Å²) in [5.41, 5.74) is 2.37.